The Bertz CT molecular complexity index is 1050. The number of aromatic nitrogens is 2. The second-order valence-electron chi connectivity index (χ2n) is 6.96. The maximum Gasteiger partial charge on any atom is 0.299 e. The number of nitrogens with one attached hydrogen (secondary N) is 2. The summed E-state index contributed by atoms with van der Waals surface area (Å²) >= 11 is 0. The molecule has 2 atom stereocenters. The summed E-state index contributed by atoms with van der Waals surface area (Å²) in [5.41, 5.74) is -0.779. The Morgan fingerprint density at radius 1 is 1.32 bits per heavy atom. The smallest absolute Gasteiger partial charge is 0.299 e. The van der Waals surface area contributed by atoms with Crippen molar-refractivity contribution in [2.75, 3.05) is 4.90 Å². The van der Waals surface area contributed by atoms with Crippen molar-refractivity contribution in [1.82, 2.24) is 15.3 Å². The molecule has 1 aromatic heterocycles. The summed E-state index contributed by atoms with van der Waals surface area (Å²) in [6.07, 6.45) is 3.12. The van der Waals surface area contributed by atoms with Gasteiger partial charge >= 0.3 is 0 Å². The third-order valence-electron chi connectivity index (χ3n) is 4.93. The fourth-order valence-corrected chi connectivity index (χ4v) is 3.39. The molecular weight excluding hydrogens is 412 g/mol. The molecule has 13 nitrogen and oxygen atoms in total. The molecule has 2 N–H and O–H groups in total. The fraction of sp³-hybridized carbons (Fsp3) is 0.333. The Morgan fingerprint density at radius 3 is 2.65 bits per heavy atom. The van der Waals surface area contributed by atoms with Gasteiger partial charge in [-0.1, -0.05) is 0 Å². The van der Waals surface area contributed by atoms with E-state index < -0.39 is 45.1 Å². The number of nitro groups is 2. The lowest BCUT2D eigenvalue weighted by Crippen LogP contribution is -2.50. The number of nitro benzene ring substituents is 2. The number of hydrogen-bond acceptors (Lipinski definition) is 8. The van der Waals surface area contributed by atoms with Crippen LogP contribution in [0.4, 0.5) is 17.1 Å². The number of nitrogens with zero attached hydrogens (tertiary/aromatic N) is 4. The molecule has 0 aliphatic carbocycles. The van der Waals surface area contributed by atoms with E-state index in [0.717, 1.165) is 23.1 Å². The van der Waals surface area contributed by atoms with E-state index in [1.165, 1.54) is 19.4 Å². The molecule has 2 heterocycles. The quantitative estimate of drug-likeness (QED) is 0.460. The summed E-state index contributed by atoms with van der Waals surface area (Å²) in [5, 5.41) is 25.0. The van der Waals surface area contributed by atoms with Gasteiger partial charge in [-0.25, -0.2) is 4.98 Å². The van der Waals surface area contributed by atoms with Crippen LogP contribution in [0.15, 0.2) is 30.7 Å². The van der Waals surface area contributed by atoms with Crippen LogP contribution in [0.3, 0.4) is 0 Å². The van der Waals surface area contributed by atoms with E-state index in [2.05, 4.69) is 15.3 Å². The molecule has 1 aromatic carbocycles. The number of hydrogen-bond donors (Lipinski definition) is 2. The molecule has 1 aliphatic heterocycles. The zero-order valence-corrected chi connectivity index (χ0v) is 16.3. The number of carbonyl (C=O) groups excluding carboxylic acids is 3. The van der Waals surface area contributed by atoms with Gasteiger partial charge in [0.15, 0.2) is 5.78 Å². The maximum atomic E-state index is 12.9. The molecule has 1 aliphatic rings. The summed E-state index contributed by atoms with van der Waals surface area (Å²) < 4.78 is 0. The Balaban J connectivity index is 1.88. The first-order valence-corrected chi connectivity index (χ1v) is 9.22. The highest BCUT2D eigenvalue weighted by Gasteiger charge is 2.41. The van der Waals surface area contributed by atoms with E-state index in [-0.39, 0.29) is 30.7 Å². The Kier molecular flexibility index (Phi) is 6.04. The molecule has 0 saturated carbocycles. The average Bonchev–Trinajstić information content (AvgIpc) is 3.36. The number of imidazole rings is 1. The van der Waals surface area contributed by atoms with Gasteiger partial charge in [0.25, 0.3) is 11.4 Å². The highest BCUT2D eigenvalue weighted by Crippen LogP contribution is 2.36. The van der Waals surface area contributed by atoms with Crippen LogP contribution in [-0.2, 0) is 20.8 Å². The van der Waals surface area contributed by atoms with Crippen molar-refractivity contribution < 1.29 is 24.2 Å². The second kappa shape index (κ2) is 8.69. The van der Waals surface area contributed by atoms with E-state index in [0.29, 0.717) is 5.69 Å². The van der Waals surface area contributed by atoms with E-state index in [1.54, 1.807) is 0 Å². The molecule has 0 unspecified atom stereocenters. The van der Waals surface area contributed by atoms with Crippen molar-refractivity contribution in [3.8, 4) is 0 Å². The number of rotatable bonds is 8. The van der Waals surface area contributed by atoms with Crippen molar-refractivity contribution >= 4 is 34.7 Å². The van der Waals surface area contributed by atoms with Crippen molar-refractivity contribution in [2.24, 2.45) is 0 Å². The van der Waals surface area contributed by atoms with Gasteiger partial charge in [0, 0.05) is 30.8 Å². The molecule has 13 heteroatoms. The van der Waals surface area contributed by atoms with Crippen molar-refractivity contribution in [3.63, 3.8) is 0 Å². The summed E-state index contributed by atoms with van der Waals surface area (Å²) in [6, 6.07) is 0.854. The summed E-state index contributed by atoms with van der Waals surface area (Å²) in [5.74, 6) is -1.51. The highest BCUT2D eigenvalue weighted by atomic mass is 16.6. The van der Waals surface area contributed by atoms with Crippen LogP contribution in [0.5, 0.6) is 0 Å². The number of anilines is 1. The van der Waals surface area contributed by atoms with Crippen LogP contribution in [0.2, 0.25) is 0 Å². The molecule has 2 amide bonds. The molecule has 2 aromatic rings. The number of H-pyrrole nitrogens is 1. The van der Waals surface area contributed by atoms with Crippen molar-refractivity contribution in [1.29, 1.82) is 0 Å². The molecule has 0 radical (unpaired) electrons. The van der Waals surface area contributed by atoms with E-state index in [1.807, 2.05) is 0 Å². The molecule has 1 fully saturated rings. The minimum Gasteiger partial charge on any atom is -0.348 e. The largest absolute Gasteiger partial charge is 0.348 e. The lowest BCUT2D eigenvalue weighted by Gasteiger charge is -2.25. The first kappa shape index (κ1) is 21.5. The molecule has 31 heavy (non-hydrogen) atoms. The van der Waals surface area contributed by atoms with Gasteiger partial charge in [0.2, 0.25) is 11.8 Å². The minimum absolute atomic E-state index is 0.0441. The van der Waals surface area contributed by atoms with Crippen LogP contribution in [0.1, 0.15) is 25.5 Å². The van der Waals surface area contributed by atoms with Gasteiger partial charge in [-0.05, 0) is 19.4 Å². The number of carbonyl (C=O) groups is 3. The lowest BCUT2D eigenvalue weighted by molar-refractivity contribution is -0.393. The van der Waals surface area contributed by atoms with Crippen LogP contribution < -0.4 is 10.2 Å². The van der Waals surface area contributed by atoms with E-state index in [4.69, 9.17) is 0 Å². The summed E-state index contributed by atoms with van der Waals surface area (Å²) in [4.78, 5) is 65.8. The molecule has 0 spiro atoms. The SMILES string of the molecule is CC(=O)[C@H](Cc1cnc[nH]1)NC(=O)[C@@H]1CCC(=O)N1c1ccc([N+](=O)[O-])cc1[N+](=O)[O-]. The zero-order valence-electron chi connectivity index (χ0n) is 16.3. The molecule has 162 valence electrons. The standard InChI is InChI=1S/C18H18N6O7/c1-10(25)13(6-11-8-19-9-20-11)21-18(27)15-4-5-17(26)22(15)14-3-2-12(23(28)29)7-16(14)24(30)31/h2-3,7-9,13,15H,4-6H2,1H3,(H,19,20)(H,21,27)/t13-,15-/m0/s1. The summed E-state index contributed by atoms with van der Waals surface area (Å²) in [7, 11) is 0. The number of Topliss-reactive ketones (excluding diaryl/α,β-unsaturated/α-hetero) is 1. The minimum atomic E-state index is -1.10. The molecule has 0 bridgehead atoms. The van der Waals surface area contributed by atoms with Crippen LogP contribution in [0, 0.1) is 20.2 Å². The van der Waals surface area contributed by atoms with Gasteiger partial charge in [0.05, 0.1) is 28.3 Å². The number of benzene rings is 1. The zero-order chi connectivity index (χ0) is 22.7. The van der Waals surface area contributed by atoms with Crippen LogP contribution >= 0.6 is 0 Å². The van der Waals surface area contributed by atoms with E-state index >= 15 is 0 Å². The Hall–Kier alpha value is -4.16. The van der Waals surface area contributed by atoms with Crippen molar-refractivity contribution in [3.05, 3.63) is 56.6 Å². The normalized spacial score (nSPS) is 16.7. The summed E-state index contributed by atoms with van der Waals surface area (Å²) in [6.45, 7) is 1.31. The predicted octanol–water partition coefficient (Wildman–Crippen LogP) is 1.04. The predicted molar refractivity (Wildman–Crippen MR) is 105 cm³/mol. The number of ketones is 1. The van der Waals surface area contributed by atoms with Gasteiger partial charge in [-0.2, -0.15) is 0 Å². The van der Waals surface area contributed by atoms with Gasteiger partial charge in [0.1, 0.15) is 11.7 Å². The van der Waals surface area contributed by atoms with Crippen molar-refractivity contribution in [2.45, 2.75) is 38.3 Å². The maximum absolute atomic E-state index is 12.9. The molecular formula is C18H18N6O7. The molecule has 3 rings (SSSR count). The van der Waals surface area contributed by atoms with Crippen LogP contribution in [0.25, 0.3) is 0 Å². The number of amides is 2. The Labute approximate surface area is 174 Å². The number of non-ortho nitro benzene ring substituents is 1. The first-order valence-electron chi connectivity index (χ1n) is 9.22. The Morgan fingerprint density at radius 2 is 2.06 bits per heavy atom. The molecule has 1 saturated heterocycles. The highest BCUT2D eigenvalue weighted by molar-refractivity contribution is 6.06. The van der Waals surface area contributed by atoms with Gasteiger partial charge in [-0.15, -0.1) is 0 Å². The third kappa shape index (κ3) is 4.55. The van der Waals surface area contributed by atoms with Crippen LogP contribution in [-0.4, -0.2) is 49.5 Å². The van der Waals surface area contributed by atoms with E-state index in [9.17, 15) is 34.6 Å². The average molecular weight is 430 g/mol. The third-order valence-corrected chi connectivity index (χ3v) is 4.93. The lowest BCUT2D eigenvalue weighted by atomic mass is 10.1. The monoisotopic (exact) mass is 430 g/mol. The topological polar surface area (TPSA) is 181 Å². The fourth-order valence-electron chi connectivity index (χ4n) is 3.39. The number of aromatic amines is 1. The van der Waals surface area contributed by atoms with Gasteiger partial charge in [-0.3, -0.25) is 39.5 Å². The second-order valence-corrected chi connectivity index (χ2v) is 6.96. The van der Waals surface area contributed by atoms with Gasteiger partial charge < -0.3 is 10.3 Å². The first-order chi connectivity index (χ1) is 14.7.